The van der Waals surface area contributed by atoms with Gasteiger partial charge in [-0.25, -0.2) is 9.18 Å². The number of carbonyl (C=O) groups excluding carboxylic acids is 2. The molecule has 0 radical (unpaired) electrons. The lowest BCUT2D eigenvalue weighted by molar-refractivity contribution is 0.0953. The monoisotopic (exact) mass is 539 g/mol. The van der Waals surface area contributed by atoms with E-state index in [9.17, 15) is 14.0 Å². The third-order valence-electron chi connectivity index (χ3n) is 6.35. The number of halogens is 1. The van der Waals surface area contributed by atoms with E-state index in [1.54, 1.807) is 36.4 Å². The minimum atomic E-state index is -0.521. The molecule has 0 aliphatic carbocycles. The lowest BCUT2D eigenvalue weighted by Gasteiger charge is -2.24. The van der Waals surface area contributed by atoms with Gasteiger partial charge in [0.05, 0.1) is 5.69 Å². The van der Waals surface area contributed by atoms with Crippen molar-refractivity contribution in [2.75, 3.05) is 23.3 Å². The second-order valence-electron chi connectivity index (χ2n) is 10.4. The Morgan fingerprint density at radius 3 is 2.08 bits per heavy atom. The molecule has 4 aromatic carbocycles. The van der Waals surface area contributed by atoms with Gasteiger partial charge in [0.25, 0.3) is 5.91 Å². The molecule has 0 aromatic heterocycles. The van der Waals surface area contributed by atoms with Crippen LogP contribution in [0.2, 0.25) is 0 Å². The van der Waals surface area contributed by atoms with Gasteiger partial charge in [-0.15, -0.1) is 0 Å². The summed E-state index contributed by atoms with van der Waals surface area (Å²) in [6, 6.07) is 29.6. The maximum Gasteiger partial charge on any atom is 0.326 e. The molecule has 3 amide bonds. The van der Waals surface area contributed by atoms with Crippen molar-refractivity contribution < 1.29 is 18.7 Å². The van der Waals surface area contributed by atoms with Crippen molar-refractivity contribution in [1.82, 2.24) is 5.32 Å². The first-order chi connectivity index (χ1) is 19.2. The minimum absolute atomic E-state index is 0.00752. The van der Waals surface area contributed by atoms with E-state index in [1.165, 1.54) is 17.0 Å². The fourth-order valence-electron chi connectivity index (χ4n) is 4.07. The topological polar surface area (TPSA) is 70.7 Å². The Hall–Kier alpha value is -4.65. The molecular formula is C33H34FN3O3. The number of rotatable bonds is 9. The molecule has 0 unspecified atom stereocenters. The average molecular weight is 540 g/mol. The SMILES string of the molecule is CC(C)(C)c1ccc(C(=O)NCCCN(C(=O)Nc2ccccc2F)c2ccc(Oc3ccccc3)cc2)cc1. The van der Waals surface area contributed by atoms with Gasteiger partial charge in [-0.2, -0.15) is 0 Å². The molecule has 0 aliphatic rings. The summed E-state index contributed by atoms with van der Waals surface area (Å²) < 4.78 is 20.1. The van der Waals surface area contributed by atoms with Crippen molar-refractivity contribution in [1.29, 1.82) is 0 Å². The number of para-hydroxylation sites is 2. The Morgan fingerprint density at radius 1 is 0.800 bits per heavy atom. The normalized spacial score (nSPS) is 11.0. The largest absolute Gasteiger partial charge is 0.457 e. The Balaban J connectivity index is 1.41. The van der Waals surface area contributed by atoms with Crippen LogP contribution >= 0.6 is 0 Å². The van der Waals surface area contributed by atoms with Crippen LogP contribution in [0.25, 0.3) is 0 Å². The van der Waals surface area contributed by atoms with Gasteiger partial charge in [0.1, 0.15) is 17.3 Å². The van der Waals surface area contributed by atoms with Crippen LogP contribution in [-0.2, 0) is 5.41 Å². The molecule has 4 aromatic rings. The third kappa shape index (κ3) is 7.69. The predicted octanol–water partition coefficient (Wildman–Crippen LogP) is 7.77. The summed E-state index contributed by atoms with van der Waals surface area (Å²) >= 11 is 0. The fraction of sp³-hybridized carbons (Fsp3) is 0.212. The molecule has 40 heavy (non-hydrogen) atoms. The molecule has 0 saturated carbocycles. The van der Waals surface area contributed by atoms with Crippen molar-refractivity contribution in [3.8, 4) is 11.5 Å². The molecule has 0 saturated heterocycles. The van der Waals surface area contributed by atoms with Gasteiger partial charge in [-0.3, -0.25) is 9.69 Å². The molecule has 0 fully saturated rings. The van der Waals surface area contributed by atoms with Crippen molar-refractivity contribution in [2.45, 2.75) is 32.6 Å². The van der Waals surface area contributed by atoms with Crippen LogP contribution in [0.15, 0.2) is 103 Å². The summed E-state index contributed by atoms with van der Waals surface area (Å²) in [5.41, 5.74) is 2.44. The second kappa shape index (κ2) is 12.9. The number of anilines is 2. The highest BCUT2D eigenvalue weighted by molar-refractivity contribution is 6.01. The molecular weight excluding hydrogens is 505 g/mol. The zero-order valence-electron chi connectivity index (χ0n) is 23.0. The predicted molar refractivity (Wildman–Crippen MR) is 158 cm³/mol. The van der Waals surface area contributed by atoms with E-state index in [2.05, 4.69) is 31.4 Å². The first-order valence-electron chi connectivity index (χ1n) is 13.3. The number of carbonyl (C=O) groups is 2. The number of amides is 3. The quantitative estimate of drug-likeness (QED) is 0.213. The van der Waals surface area contributed by atoms with Crippen molar-refractivity contribution in [3.05, 3.63) is 120 Å². The van der Waals surface area contributed by atoms with E-state index in [-0.39, 0.29) is 17.0 Å². The molecule has 0 aliphatic heterocycles. The summed E-state index contributed by atoms with van der Waals surface area (Å²) in [7, 11) is 0. The highest BCUT2D eigenvalue weighted by atomic mass is 19.1. The van der Waals surface area contributed by atoms with Gasteiger partial charge >= 0.3 is 6.03 Å². The van der Waals surface area contributed by atoms with Gasteiger partial charge in [0, 0.05) is 24.3 Å². The number of benzene rings is 4. The van der Waals surface area contributed by atoms with E-state index in [0.29, 0.717) is 42.3 Å². The van der Waals surface area contributed by atoms with Crippen LogP contribution in [0, 0.1) is 5.82 Å². The second-order valence-corrected chi connectivity index (χ2v) is 10.4. The maximum absolute atomic E-state index is 14.2. The Bertz CT molecular complexity index is 1420. The minimum Gasteiger partial charge on any atom is -0.457 e. The summed E-state index contributed by atoms with van der Waals surface area (Å²) in [6.45, 7) is 7.03. The van der Waals surface area contributed by atoms with Gasteiger partial charge in [0.2, 0.25) is 0 Å². The van der Waals surface area contributed by atoms with Crippen LogP contribution < -0.4 is 20.3 Å². The van der Waals surface area contributed by atoms with E-state index >= 15 is 0 Å². The molecule has 4 rings (SSSR count). The van der Waals surface area contributed by atoms with Gasteiger partial charge in [-0.05, 0) is 78.1 Å². The van der Waals surface area contributed by atoms with E-state index in [4.69, 9.17) is 4.74 Å². The first-order valence-corrected chi connectivity index (χ1v) is 13.3. The van der Waals surface area contributed by atoms with Gasteiger partial charge < -0.3 is 15.4 Å². The lowest BCUT2D eigenvalue weighted by atomic mass is 9.87. The Kier molecular flexibility index (Phi) is 9.17. The first kappa shape index (κ1) is 28.4. The molecule has 6 nitrogen and oxygen atoms in total. The standard InChI is InChI=1S/C33H34FN3O3/c1-33(2,3)25-16-14-24(15-17-25)31(38)35-22-9-23-37(32(39)36-30-13-8-7-12-29(30)34)26-18-20-28(21-19-26)40-27-10-5-4-6-11-27/h4-8,10-21H,9,22-23H2,1-3H3,(H,35,38)(H,36,39). The van der Waals surface area contributed by atoms with Crippen LogP contribution in [0.5, 0.6) is 11.5 Å². The van der Waals surface area contributed by atoms with Crippen LogP contribution in [-0.4, -0.2) is 25.0 Å². The van der Waals surface area contributed by atoms with Crippen LogP contribution in [0.3, 0.4) is 0 Å². The molecule has 0 atom stereocenters. The molecule has 7 heteroatoms. The Morgan fingerprint density at radius 2 is 1.43 bits per heavy atom. The average Bonchev–Trinajstić information content (AvgIpc) is 2.95. The number of nitrogens with zero attached hydrogens (tertiary/aromatic N) is 1. The van der Waals surface area contributed by atoms with E-state index in [0.717, 1.165) is 5.56 Å². The van der Waals surface area contributed by atoms with Crippen molar-refractivity contribution >= 4 is 23.3 Å². The molecule has 206 valence electrons. The smallest absolute Gasteiger partial charge is 0.326 e. The number of ether oxygens (including phenoxy) is 1. The summed E-state index contributed by atoms with van der Waals surface area (Å²) in [5, 5.41) is 5.57. The highest BCUT2D eigenvalue weighted by Gasteiger charge is 2.18. The molecule has 2 N–H and O–H groups in total. The number of urea groups is 1. The summed E-state index contributed by atoms with van der Waals surface area (Å²) in [6.07, 6.45) is 0.485. The molecule has 0 spiro atoms. The maximum atomic E-state index is 14.2. The van der Waals surface area contributed by atoms with Crippen LogP contribution in [0.1, 0.15) is 43.1 Å². The van der Waals surface area contributed by atoms with Crippen molar-refractivity contribution in [3.63, 3.8) is 0 Å². The fourth-order valence-corrected chi connectivity index (χ4v) is 4.07. The van der Waals surface area contributed by atoms with Gasteiger partial charge in [0.15, 0.2) is 0 Å². The lowest BCUT2D eigenvalue weighted by Crippen LogP contribution is -2.37. The third-order valence-corrected chi connectivity index (χ3v) is 6.35. The molecule has 0 bridgehead atoms. The molecule has 0 heterocycles. The number of nitrogens with one attached hydrogen (secondary N) is 2. The highest BCUT2D eigenvalue weighted by Crippen LogP contribution is 2.26. The number of hydrogen-bond donors (Lipinski definition) is 2. The summed E-state index contributed by atoms with van der Waals surface area (Å²) in [5.74, 6) is 0.625. The van der Waals surface area contributed by atoms with E-state index < -0.39 is 11.8 Å². The van der Waals surface area contributed by atoms with Gasteiger partial charge in [-0.1, -0.05) is 63.2 Å². The summed E-state index contributed by atoms with van der Waals surface area (Å²) in [4.78, 5) is 27.4. The van der Waals surface area contributed by atoms with Crippen molar-refractivity contribution in [2.24, 2.45) is 0 Å². The Labute approximate surface area is 234 Å². The number of hydrogen-bond acceptors (Lipinski definition) is 3. The van der Waals surface area contributed by atoms with E-state index in [1.807, 2.05) is 54.6 Å². The zero-order valence-corrected chi connectivity index (χ0v) is 23.0. The van der Waals surface area contributed by atoms with Crippen LogP contribution in [0.4, 0.5) is 20.6 Å². The zero-order chi connectivity index (χ0) is 28.5.